The molecule has 0 bridgehead atoms. The van der Waals surface area contributed by atoms with Crippen molar-refractivity contribution in [3.63, 3.8) is 0 Å². The molecule has 0 atom stereocenters. The monoisotopic (exact) mass is 778 g/mol. The van der Waals surface area contributed by atoms with E-state index < -0.39 is 0 Å². The summed E-state index contributed by atoms with van der Waals surface area (Å²) in [6, 6.07) is 82.8. The zero-order valence-electron chi connectivity index (χ0n) is 33.2. The van der Waals surface area contributed by atoms with Crippen LogP contribution < -0.4 is 4.90 Å². The van der Waals surface area contributed by atoms with Crippen LogP contribution in [0.2, 0.25) is 0 Å². The molecule has 0 aliphatic heterocycles. The predicted molar refractivity (Wildman–Crippen MR) is 257 cm³/mol. The molecule has 0 aliphatic carbocycles. The van der Waals surface area contributed by atoms with Crippen molar-refractivity contribution in [1.29, 1.82) is 0 Å². The molecule has 0 radical (unpaired) electrons. The second-order valence-electron chi connectivity index (χ2n) is 15.7. The van der Waals surface area contributed by atoms with Crippen LogP contribution in [-0.4, -0.2) is 4.57 Å². The van der Waals surface area contributed by atoms with Gasteiger partial charge in [0.1, 0.15) is 5.58 Å². The van der Waals surface area contributed by atoms with Crippen LogP contribution in [0.5, 0.6) is 0 Å². The predicted octanol–water partition coefficient (Wildman–Crippen LogP) is 16.3. The molecular formula is C58H38N2O. The van der Waals surface area contributed by atoms with Gasteiger partial charge in [-0.25, -0.2) is 0 Å². The number of hydrogen-bond donors (Lipinski definition) is 0. The number of rotatable bonds is 7. The number of fused-ring (bicyclic) bond motifs is 8. The largest absolute Gasteiger partial charge is 0.453 e. The molecule has 10 aromatic carbocycles. The summed E-state index contributed by atoms with van der Waals surface area (Å²) in [6.07, 6.45) is 0. The van der Waals surface area contributed by atoms with E-state index in [0.29, 0.717) is 0 Å². The highest BCUT2D eigenvalue weighted by Gasteiger charge is 2.23. The molecule has 2 aromatic heterocycles. The highest BCUT2D eigenvalue weighted by atomic mass is 16.3. The molecule has 61 heavy (non-hydrogen) atoms. The van der Waals surface area contributed by atoms with Crippen LogP contribution in [0.3, 0.4) is 0 Å². The summed E-state index contributed by atoms with van der Waals surface area (Å²) in [4.78, 5) is 2.38. The standard InChI is InChI=1S/C58H38N2O/c1-3-15-39(16-4-1)44-32-36-55(52(38-44)41-17-5-2-6-18-41)59(56-28-14-25-50-51-35-31-42-19-7-8-22-47(42)57(51)61-58(50)56)45-33-29-40(30-34-45)43-20-13-21-46(37-43)60-53-26-11-9-23-48(53)49-24-10-12-27-54(49)60/h1-38H. The lowest BCUT2D eigenvalue weighted by atomic mass is 9.96. The number of hydrogen-bond acceptors (Lipinski definition) is 2. The molecule has 3 nitrogen and oxygen atoms in total. The number of para-hydroxylation sites is 3. The lowest BCUT2D eigenvalue weighted by Crippen LogP contribution is -2.11. The van der Waals surface area contributed by atoms with Crippen LogP contribution in [0.25, 0.3) is 93.6 Å². The van der Waals surface area contributed by atoms with Gasteiger partial charge in [0.25, 0.3) is 0 Å². The van der Waals surface area contributed by atoms with Crippen LogP contribution in [0.15, 0.2) is 235 Å². The normalized spacial score (nSPS) is 11.6. The topological polar surface area (TPSA) is 21.3 Å². The average Bonchev–Trinajstić information content (AvgIpc) is 3.90. The molecule has 12 aromatic rings. The van der Waals surface area contributed by atoms with Gasteiger partial charge in [-0.3, -0.25) is 0 Å². The summed E-state index contributed by atoms with van der Waals surface area (Å²) in [5.74, 6) is 0. The molecule has 0 saturated carbocycles. The van der Waals surface area contributed by atoms with Gasteiger partial charge in [0.15, 0.2) is 5.58 Å². The minimum atomic E-state index is 0.850. The summed E-state index contributed by atoms with van der Waals surface area (Å²) >= 11 is 0. The summed E-state index contributed by atoms with van der Waals surface area (Å²) in [5, 5.41) is 6.98. The molecule has 286 valence electrons. The van der Waals surface area contributed by atoms with Gasteiger partial charge in [0.05, 0.1) is 22.4 Å². The lowest BCUT2D eigenvalue weighted by molar-refractivity contribution is 0.673. The third kappa shape index (κ3) is 5.82. The Morgan fingerprint density at radius 1 is 0.328 bits per heavy atom. The number of nitrogens with zero attached hydrogens (tertiary/aromatic N) is 2. The number of anilines is 3. The van der Waals surface area contributed by atoms with Crippen LogP contribution in [0, 0.1) is 0 Å². The Balaban J connectivity index is 1.05. The molecule has 0 fully saturated rings. The minimum Gasteiger partial charge on any atom is -0.453 e. The van der Waals surface area contributed by atoms with Crippen molar-refractivity contribution in [2.45, 2.75) is 0 Å². The van der Waals surface area contributed by atoms with Gasteiger partial charge < -0.3 is 13.9 Å². The Bertz CT molecular complexity index is 3530. The van der Waals surface area contributed by atoms with Crippen molar-refractivity contribution in [2.24, 2.45) is 0 Å². The summed E-state index contributed by atoms with van der Waals surface area (Å²) in [7, 11) is 0. The van der Waals surface area contributed by atoms with Crippen LogP contribution >= 0.6 is 0 Å². The molecule has 0 aliphatic rings. The van der Waals surface area contributed by atoms with Gasteiger partial charge in [0.2, 0.25) is 0 Å². The van der Waals surface area contributed by atoms with Crippen molar-refractivity contribution in [1.82, 2.24) is 4.57 Å². The Kier molecular flexibility index (Phi) is 8.17. The molecule has 0 saturated heterocycles. The first-order valence-corrected chi connectivity index (χ1v) is 20.8. The second-order valence-corrected chi connectivity index (χ2v) is 15.7. The van der Waals surface area contributed by atoms with Crippen molar-refractivity contribution in [3.8, 4) is 39.1 Å². The van der Waals surface area contributed by atoms with Crippen molar-refractivity contribution < 1.29 is 4.42 Å². The zero-order valence-corrected chi connectivity index (χ0v) is 33.2. The Hall–Kier alpha value is -8.14. The third-order valence-corrected chi connectivity index (χ3v) is 12.2. The van der Waals surface area contributed by atoms with E-state index in [4.69, 9.17) is 4.42 Å². The first-order valence-electron chi connectivity index (χ1n) is 20.8. The van der Waals surface area contributed by atoms with Gasteiger partial charge in [-0.1, -0.05) is 170 Å². The van der Waals surface area contributed by atoms with Gasteiger partial charge in [-0.2, -0.15) is 0 Å². The Labute approximate surface area is 353 Å². The van der Waals surface area contributed by atoms with Crippen molar-refractivity contribution >= 4 is 71.6 Å². The van der Waals surface area contributed by atoms with Crippen LogP contribution in [-0.2, 0) is 0 Å². The molecule has 12 rings (SSSR count). The first-order chi connectivity index (χ1) is 30.3. The van der Waals surface area contributed by atoms with Crippen LogP contribution in [0.4, 0.5) is 17.1 Å². The summed E-state index contributed by atoms with van der Waals surface area (Å²) in [5.41, 5.74) is 15.3. The third-order valence-electron chi connectivity index (χ3n) is 12.2. The Morgan fingerprint density at radius 2 is 0.885 bits per heavy atom. The first kappa shape index (κ1) is 34.9. The smallest absolute Gasteiger partial charge is 0.159 e. The molecule has 0 N–H and O–H groups in total. The fraction of sp³-hybridized carbons (Fsp3) is 0. The summed E-state index contributed by atoms with van der Waals surface area (Å²) in [6.45, 7) is 0. The van der Waals surface area contributed by atoms with Gasteiger partial charge in [-0.05, 0) is 93.9 Å². The van der Waals surface area contributed by atoms with Crippen LogP contribution in [0.1, 0.15) is 0 Å². The molecule has 0 amide bonds. The van der Waals surface area contributed by atoms with E-state index >= 15 is 0 Å². The van der Waals surface area contributed by atoms with Crippen molar-refractivity contribution in [3.05, 3.63) is 231 Å². The lowest BCUT2D eigenvalue weighted by Gasteiger charge is -2.28. The molecule has 3 heteroatoms. The molecule has 0 spiro atoms. The van der Waals surface area contributed by atoms with E-state index in [1.807, 2.05) is 0 Å². The van der Waals surface area contributed by atoms with Crippen molar-refractivity contribution in [2.75, 3.05) is 4.90 Å². The molecule has 2 heterocycles. The SMILES string of the molecule is c1ccc(-c2ccc(N(c3ccc(-c4cccc(-n5c6ccccc6c6ccccc65)c4)cc3)c3cccc4c3oc3c5ccccc5ccc43)c(-c3ccccc3)c2)cc1. The van der Waals surface area contributed by atoms with E-state index in [2.05, 4.69) is 240 Å². The second kappa shape index (κ2) is 14.3. The van der Waals surface area contributed by atoms with E-state index in [1.165, 1.54) is 27.4 Å². The minimum absolute atomic E-state index is 0.850. The number of benzene rings is 10. The van der Waals surface area contributed by atoms with E-state index in [0.717, 1.165) is 83.3 Å². The highest BCUT2D eigenvalue weighted by molar-refractivity contribution is 6.18. The van der Waals surface area contributed by atoms with Gasteiger partial charge in [0, 0.05) is 43.9 Å². The highest BCUT2D eigenvalue weighted by Crippen LogP contribution is 2.47. The summed E-state index contributed by atoms with van der Waals surface area (Å²) < 4.78 is 9.40. The van der Waals surface area contributed by atoms with E-state index in [9.17, 15) is 0 Å². The van der Waals surface area contributed by atoms with Gasteiger partial charge in [-0.15, -0.1) is 0 Å². The maximum atomic E-state index is 7.02. The van der Waals surface area contributed by atoms with Gasteiger partial charge >= 0.3 is 0 Å². The molecule has 0 unspecified atom stereocenters. The fourth-order valence-electron chi connectivity index (χ4n) is 9.31. The number of aromatic nitrogens is 1. The van der Waals surface area contributed by atoms with E-state index in [1.54, 1.807) is 0 Å². The average molecular weight is 779 g/mol. The zero-order chi connectivity index (χ0) is 40.3. The maximum absolute atomic E-state index is 7.02. The molecular weight excluding hydrogens is 741 g/mol. The maximum Gasteiger partial charge on any atom is 0.159 e. The van der Waals surface area contributed by atoms with E-state index in [-0.39, 0.29) is 0 Å². The number of furan rings is 1. The quantitative estimate of drug-likeness (QED) is 0.161. The fourth-order valence-corrected chi connectivity index (χ4v) is 9.31. The Morgan fingerprint density at radius 3 is 1.64 bits per heavy atom.